The first-order valence-corrected chi connectivity index (χ1v) is 11.4. The largest absolute Gasteiger partial charge is 0.573 e. The second kappa shape index (κ2) is 10.7. The van der Waals surface area contributed by atoms with E-state index in [-0.39, 0.29) is 29.5 Å². The van der Waals surface area contributed by atoms with Crippen molar-refractivity contribution in [2.75, 3.05) is 24.7 Å². The van der Waals surface area contributed by atoms with E-state index in [9.17, 15) is 26.4 Å². The standard InChI is InChI=1S/C16H24ClF3N6O4S/c1-9-7-13(21-5-6-22-31(2,28)29)25-14(23-9)26-15(27)24-10-3-4-12(11(17)8-10)30-16(18,19)20/h3-4,8-9,13-14,21-23,25H,5-7H2,1-2H3,(H2,24,26,27). The van der Waals surface area contributed by atoms with Crippen LogP contribution in [0.25, 0.3) is 0 Å². The molecule has 15 heteroatoms. The molecule has 1 aromatic rings. The summed E-state index contributed by atoms with van der Waals surface area (Å²) in [5.74, 6) is -0.580. The molecule has 3 unspecified atom stereocenters. The van der Waals surface area contributed by atoms with Crippen molar-refractivity contribution in [2.45, 2.75) is 38.2 Å². The molecule has 0 aromatic heterocycles. The van der Waals surface area contributed by atoms with Gasteiger partial charge in [0.05, 0.1) is 17.4 Å². The number of carbonyl (C=O) groups excluding carboxylic acids is 1. The minimum atomic E-state index is -4.88. The number of anilines is 1. The Morgan fingerprint density at radius 1 is 1.29 bits per heavy atom. The van der Waals surface area contributed by atoms with Crippen molar-refractivity contribution >= 4 is 33.3 Å². The second-order valence-corrected chi connectivity index (χ2v) is 9.11. The van der Waals surface area contributed by atoms with E-state index in [2.05, 4.69) is 36.0 Å². The van der Waals surface area contributed by atoms with Crippen LogP contribution in [0.5, 0.6) is 5.75 Å². The zero-order valence-electron chi connectivity index (χ0n) is 16.6. The first kappa shape index (κ1) is 25.4. The van der Waals surface area contributed by atoms with Gasteiger partial charge in [-0.2, -0.15) is 0 Å². The Hall–Kier alpha value is -1.84. The van der Waals surface area contributed by atoms with Gasteiger partial charge >= 0.3 is 12.4 Å². The summed E-state index contributed by atoms with van der Waals surface area (Å²) < 4.78 is 65.2. The van der Waals surface area contributed by atoms with E-state index in [0.717, 1.165) is 18.4 Å². The molecule has 1 saturated heterocycles. The Morgan fingerprint density at radius 2 is 2.00 bits per heavy atom. The van der Waals surface area contributed by atoms with Crippen LogP contribution in [0.15, 0.2) is 18.2 Å². The maximum atomic E-state index is 12.3. The lowest BCUT2D eigenvalue weighted by Crippen LogP contribution is -2.68. The molecular weight excluding hydrogens is 465 g/mol. The number of ether oxygens (including phenoxy) is 1. The lowest BCUT2D eigenvalue weighted by atomic mass is 10.1. The number of amides is 2. The number of hydrogen-bond acceptors (Lipinski definition) is 7. The van der Waals surface area contributed by atoms with Gasteiger partial charge in [-0.05, 0) is 31.5 Å². The van der Waals surface area contributed by atoms with E-state index in [1.807, 2.05) is 6.92 Å². The lowest BCUT2D eigenvalue weighted by Gasteiger charge is -2.36. The summed E-state index contributed by atoms with van der Waals surface area (Å²) in [4.78, 5) is 12.2. The summed E-state index contributed by atoms with van der Waals surface area (Å²) in [5.41, 5.74) is 0.169. The van der Waals surface area contributed by atoms with Gasteiger partial charge in [0.2, 0.25) is 10.0 Å². The smallest absolute Gasteiger partial charge is 0.404 e. The van der Waals surface area contributed by atoms with E-state index in [1.165, 1.54) is 6.07 Å². The molecule has 3 atom stereocenters. The summed E-state index contributed by atoms with van der Waals surface area (Å²) in [6, 6.07) is 2.74. The summed E-state index contributed by atoms with van der Waals surface area (Å²) >= 11 is 5.77. The normalized spacial score (nSPS) is 22.1. The van der Waals surface area contributed by atoms with Crippen LogP contribution in [-0.2, 0) is 10.0 Å². The average Bonchev–Trinajstić information content (AvgIpc) is 2.59. The van der Waals surface area contributed by atoms with Crippen molar-refractivity contribution < 1.29 is 31.1 Å². The number of carbonyl (C=O) groups is 1. The van der Waals surface area contributed by atoms with Gasteiger partial charge in [-0.25, -0.2) is 17.9 Å². The molecule has 10 nitrogen and oxygen atoms in total. The Bertz CT molecular complexity index is 873. The molecule has 1 aliphatic heterocycles. The van der Waals surface area contributed by atoms with Crippen LogP contribution in [0.3, 0.4) is 0 Å². The number of benzene rings is 1. The zero-order valence-corrected chi connectivity index (χ0v) is 18.2. The highest BCUT2D eigenvalue weighted by Gasteiger charge is 2.32. The quantitative estimate of drug-likeness (QED) is 0.302. The van der Waals surface area contributed by atoms with E-state index in [4.69, 9.17) is 11.6 Å². The molecule has 2 rings (SSSR count). The molecule has 176 valence electrons. The molecule has 1 aliphatic rings. The first-order chi connectivity index (χ1) is 14.3. The molecule has 1 aromatic carbocycles. The SMILES string of the molecule is CC1CC(NCCNS(C)(=O)=O)NC(NC(=O)Nc2ccc(OC(F)(F)F)c(Cl)c2)N1. The number of rotatable bonds is 8. The number of sulfonamides is 1. The van der Waals surface area contributed by atoms with Crippen LogP contribution in [0.4, 0.5) is 23.7 Å². The minimum Gasteiger partial charge on any atom is -0.404 e. The van der Waals surface area contributed by atoms with Crippen LogP contribution >= 0.6 is 11.6 Å². The van der Waals surface area contributed by atoms with Crippen molar-refractivity contribution in [3.8, 4) is 5.75 Å². The van der Waals surface area contributed by atoms with Gasteiger partial charge in [-0.1, -0.05) is 11.6 Å². The van der Waals surface area contributed by atoms with E-state index in [1.54, 1.807) is 0 Å². The van der Waals surface area contributed by atoms with Crippen molar-refractivity contribution in [2.24, 2.45) is 0 Å². The first-order valence-electron chi connectivity index (χ1n) is 9.14. The molecule has 1 heterocycles. The monoisotopic (exact) mass is 488 g/mol. The van der Waals surface area contributed by atoms with Gasteiger partial charge in [-0.3, -0.25) is 10.6 Å². The third-order valence-corrected chi connectivity index (χ3v) is 5.00. The molecule has 0 radical (unpaired) electrons. The Morgan fingerprint density at radius 3 is 2.61 bits per heavy atom. The Labute approximate surface area is 182 Å². The average molecular weight is 489 g/mol. The lowest BCUT2D eigenvalue weighted by molar-refractivity contribution is -0.274. The van der Waals surface area contributed by atoms with Gasteiger partial charge in [-0.15, -0.1) is 13.2 Å². The maximum absolute atomic E-state index is 12.3. The number of urea groups is 1. The fourth-order valence-corrected chi connectivity index (χ4v) is 3.51. The highest BCUT2D eigenvalue weighted by Crippen LogP contribution is 2.32. The van der Waals surface area contributed by atoms with Crippen LogP contribution < -0.4 is 36.0 Å². The molecule has 0 spiro atoms. The maximum Gasteiger partial charge on any atom is 0.573 e. The predicted molar refractivity (Wildman–Crippen MR) is 109 cm³/mol. The fraction of sp³-hybridized carbons (Fsp3) is 0.562. The summed E-state index contributed by atoms with van der Waals surface area (Å²) in [7, 11) is -3.27. The molecule has 1 fully saturated rings. The zero-order chi connectivity index (χ0) is 23.2. The van der Waals surface area contributed by atoms with E-state index < -0.39 is 34.5 Å². The van der Waals surface area contributed by atoms with Gasteiger partial charge in [0.1, 0.15) is 12.0 Å². The molecule has 0 saturated carbocycles. The molecule has 2 amide bonds. The summed E-state index contributed by atoms with van der Waals surface area (Å²) in [6.07, 6.45) is -3.95. The minimum absolute atomic E-state index is 0.0279. The second-order valence-electron chi connectivity index (χ2n) is 6.87. The van der Waals surface area contributed by atoms with Gasteiger partial charge in [0, 0.05) is 24.8 Å². The Balaban J connectivity index is 1.84. The third-order valence-electron chi connectivity index (χ3n) is 3.98. The highest BCUT2D eigenvalue weighted by atomic mass is 35.5. The molecule has 0 aliphatic carbocycles. The van der Waals surface area contributed by atoms with Crippen molar-refractivity contribution in [1.29, 1.82) is 0 Å². The van der Waals surface area contributed by atoms with E-state index >= 15 is 0 Å². The summed E-state index contributed by atoms with van der Waals surface area (Å²) in [6.45, 7) is 2.50. The Kier molecular flexibility index (Phi) is 8.73. The predicted octanol–water partition coefficient (Wildman–Crippen LogP) is 1.08. The van der Waals surface area contributed by atoms with E-state index in [0.29, 0.717) is 13.0 Å². The number of hydrogen-bond donors (Lipinski definition) is 6. The number of nitrogens with one attached hydrogen (secondary N) is 6. The molecule has 0 bridgehead atoms. The summed E-state index contributed by atoms with van der Waals surface area (Å²) in [5, 5.41) is 14.1. The van der Waals surface area contributed by atoms with Crippen LogP contribution in [-0.4, -0.2) is 58.7 Å². The molecular formula is C16H24ClF3N6O4S. The van der Waals surface area contributed by atoms with Crippen molar-refractivity contribution in [3.05, 3.63) is 23.2 Å². The highest BCUT2D eigenvalue weighted by molar-refractivity contribution is 7.88. The van der Waals surface area contributed by atoms with Crippen LogP contribution in [0.1, 0.15) is 13.3 Å². The van der Waals surface area contributed by atoms with Crippen molar-refractivity contribution in [3.63, 3.8) is 0 Å². The molecule has 31 heavy (non-hydrogen) atoms. The van der Waals surface area contributed by atoms with Crippen molar-refractivity contribution in [1.82, 2.24) is 26.0 Å². The molecule has 6 N–H and O–H groups in total. The van der Waals surface area contributed by atoms with Gasteiger partial charge in [0.25, 0.3) is 0 Å². The number of halogens is 4. The van der Waals surface area contributed by atoms with Gasteiger partial charge < -0.3 is 20.7 Å². The topological polar surface area (TPSA) is 133 Å². The van der Waals surface area contributed by atoms with Crippen LogP contribution in [0.2, 0.25) is 5.02 Å². The van der Waals surface area contributed by atoms with Gasteiger partial charge in [0.15, 0.2) is 0 Å². The fourth-order valence-electron chi connectivity index (χ4n) is 2.82. The van der Waals surface area contributed by atoms with Crippen LogP contribution in [0, 0.1) is 0 Å². The third kappa shape index (κ3) is 9.88. The number of alkyl halides is 3.